The molecule has 10 nitrogen and oxygen atoms in total. The Hall–Kier alpha value is -2.79. The molecule has 0 unspecified atom stereocenters. The van der Waals surface area contributed by atoms with Gasteiger partial charge in [0.15, 0.2) is 0 Å². The van der Waals surface area contributed by atoms with Gasteiger partial charge in [-0.05, 0) is 11.1 Å². The molecule has 0 saturated carbocycles. The van der Waals surface area contributed by atoms with Crippen molar-refractivity contribution in [1.82, 2.24) is 0 Å². The van der Waals surface area contributed by atoms with Gasteiger partial charge in [0, 0.05) is 40.0 Å². The molecule has 0 bridgehead atoms. The van der Waals surface area contributed by atoms with E-state index in [-0.39, 0.29) is 51.9 Å². The second-order valence-corrected chi connectivity index (χ2v) is 7.04. The Kier molecular flexibility index (Phi) is 56.7. The predicted octanol–water partition coefficient (Wildman–Crippen LogP) is 4.47. The van der Waals surface area contributed by atoms with Gasteiger partial charge < -0.3 is 18.9 Å². The van der Waals surface area contributed by atoms with Crippen molar-refractivity contribution in [2.24, 2.45) is 0 Å². The quantitative estimate of drug-likeness (QED) is 0.140. The zero-order valence-corrected chi connectivity index (χ0v) is 25.0. The van der Waals surface area contributed by atoms with Crippen LogP contribution in [0.25, 0.3) is 0 Å². The first-order valence-corrected chi connectivity index (χ1v) is 11.4. The predicted molar refractivity (Wildman–Crippen MR) is 138 cm³/mol. The van der Waals surface area contributed by atoms with Crippen molar-refractivity contribution >= 4 is 0 Å². The van der Waals surface area contributed by atoms with Crippen LogP contribution in [0.1, 0.15) is 17.5 Å². The van der Waals surface area contributed by atoms with Crippen molar-refractivity contribution in [3.05, 3.63) is 136 Å². The van der Waals surface area contributed by atoms with Crippen LogP contribution in [0.4, 0.5) is 0 Å². The van der Waals surface area contributed by atoms with Gasteiger partial charge in [-0.25, -0.2) is 0 Å². The number of hydrogen-bond acceptors (Lipinski definition) is 4. The van der Waals surface area contributed by atoms with Gasteiger partial charge in [-0.3, -0.25) is 0 Å². The third-order valence-electron chi connectivity index (χ3n) is 4.73. The third-order valence-corrected chi connectivity index (χ3v) is 4.73. The first-order valence-electron chi connectivity index (χ1n) is 11.4. The van der Waals surface area contributed by atoms with Crippen LogP contribution in [0.3, 0.4) is 0 Å². The molecule has 2 aromatic carbocycles. The Morgan fingerprint density at radius 3 is 1.63 bits per heavy atom. The first kappa shape index (κ1) is 52.8. The van der Waals surface area contributed by atoms with Crippen molar-refractivity contribution in [3.8, 4) is 0 Å². The molecular formula is C31H30Co2O10. The van der Waals surface area contributed by atoms with Crippen LogP contribution in [0.5, 0.6) is 0 Å². The molecule has 0 N–H and O–H groups in total. The molecular weight excluding hydrogens is 650 g/mol. The molecule has 1 saturated heterocycles. The van der Waals surface area contributed by atoms with E-state index in [2.05, 4.69) is 76.8 Å². The summed E-state index contributed by atoms with van der Waals surface area (Å²) in [6.07, 6.45) is 6.51. The van der Waals surface area contributed by atoms with Gasteiger partial charge in [0.05, 0.1) is 45.2 Å². The first-order chi connectivity index (χ1) is 20.3. The number of hydrogen-bond donors (Lipinski definition) is 0. The average Bonchev–Trinajstić information content (AvgIpc) is 3.48. The van der Waals surface area contributed by atoms with E-state index in [1.165, 1.54) is 0 Å². The van der Waals surface area contributed by atoms with Crippen LogP contribution in [0.2, 0.25) is 0 Å². The van der Waals surface area contributed by atoms with Crippen LogP contribution in [-0.2, 0) is 93.6 Å². The van der Waals surface area contributed by atoms with E-state index in [1.807, 2.05) is 42.5 Å². The van der Waals surface area contributed by atoms with Crippen molar-refractivity contribution in [2.75, 3.05) is 19.8 Å². The Labute approximate surface area is 273 Å². The fourth-order valence-electron chi connectivity index (χ4n) is 3.27. The Morgan fingerprint density at radius 1 is 0.698 bits per heavy atom. The van der Waals surface area contributed by atoms with Gasteiger partial charge >= 0.3 is 67.8 Å². The zero-order valence-electron chi connectivity index (χ0n) is 22.9. The smallest absolute Gasteiger partial charge is 0 e. The fraction of sp³-hybridized carbons (Fsp3) is 0.290. The minimum atomic E-state index is -0.0915. The summed E-state index contributed by atoms with van der Waals surface area (Å²) in [4.78, 5) is 0. The summed E-state index contributed by atoms with van der Waals surface area (Å²) in [7, 11) is 0. The number of ether oxygens (including phenoxy) is 4. The minimum absolute atomic E-state index is 0. The molecule has 43 heavy (non-hydrogen) atoms. The summed E-state index contributed by atoms with van der Waals surface area (Å²) < 4.78 is 68.7. The second-order valence-electron chi connectivity index (χ2n) is 7.04. The molecule has 0 spiro atoms. The van der Waals surface area contributed by atoms with E-state index in [0.29, 0.717) is 33.0 Å². The summed E-state index contributed by atoms with van der Waals surface area (Å²) in [5.41, 5.74) is 2.32. The molecule has 3 rings (SSSR count). The van der Waals surface area contributed by atoms with Gasteiger partial charge in [0.1, 0.15) is 6.10 Å². The van der Waals surface area contributed by atoms with E-state index in [4.69, 9.17) is 46.9 Å². The molecule has 0 aromatic heterocycles. The minimum Gasteiger partial charge on any atom is 0 e. The molecule has 232 valence electrons. The molecule has 1 aliphatic rings. The van der Waals surface area contributed by atoms with Crippen LogP contribution in [0.15, 0.2) is 85.5 Å². The topological polar surface area (TPSA) is 156 Å². The van der Waals surface area contributed by atoms with E-state index < -0.39 is 0 Å². The summed E-state index contributed by atoms with van der Waals surface area (Å²) >= 11 is 0. The van der Waals surface area contributed by atoms with Crippen molar-refractivity contribution in [2.45, 2.75) is 37.9 Å². The van der Waals surface area contributed by atoms with Crippen molar-refractivity contribution < 1.29 is 80.4 Å². The van der Waals surface area contributed by atoms with Crippen LogP contribution in [-0.4, -0.2) is 38.1 Å². The van der Waals surface area contributed by atoms with E-state index in [1.54, 1.807) is 6.08 Å². The maximum atomic E-state index is 7.50. The number of rotatable bonds is 12. The van der Waals surface area contributed by atoms with Crippen LogP contribution < -0.4 is 0 Å². The molecule has 0 aliphatic carbocycles. The Morgan fingerprint density at radius 2 is 1.16 bits per heavy atom. The van der Waals surface area contributed by atoms with E-state index in [9.17, 15) is 0 Å². The van der Waals surface area contributed by atoms with Gasteiger partial charge in [-0.15, -0.1) is 6.58 Å². The normalized spacial score (nSPS) is 14.8. The molecule has 0 amide bonds. The van der Waals surface area contributed by atoms with Gasteiger partial charge in [-0.1, -0.05) is 78.9 Å². The largest absolute Gasteiger partial charge is 0 e. The van der Waals surface area contributed by atoms with Gasteiger partial charge in [0.2, 0.25) is 0 Å². The molecule has 1 aliphatic heterocycles. The molecule has 12 heteroatoms. The van der Waals surface area contributed by atoms with Crippen molar-refractivity contribution in [3.63, 3.8) is 0 Å². The SMILES string of the molecule is C=CCOCC=C[C@H]1C[C@H](OCc2ccccc2)[C@@H](COCc2ccccc2)O1.[C-]#[O+].[C-]#[O+].[C-]#[O+].[C-]#[O+].[C-]#[O+].[C-]#[O+].[Co].[Co]. The molecule has 2 aromatic rings. The summed E-state index contributed by atoms with van der Waals surface area (Å²) in [5, 5.41) is 0. The second kappa shape index (κ2) is 46.2. The number of benzene rings is 2. The van der Waals surface area contributed by atoms with Crippen LogP contribution >= 0.6 is 0 Å². The summed E-state index contributed by atoms with van der Waals surface area (Å²) in [5.74, 6) is 0. The Bertz CT molecular complexity index is 957. The van der Waals surface area contributed by atoms with E-state index >= 15 is 0 Å². The van der Waals surface area contributed by atoms with Crippen molar-refractivity contribution in [1.29, 1.82) is 0 Å². The van der Waals surface area contributed by atoms with Gasteiger partial charge in [0.25, 0.3) is 0 Å². The van der Waals surface area contributed by atoms with Crippen LogP contribution in [0, 0.1) is 39.9 Å². The maximum Gasteiger partial charge on any atom is 0 e. The standard InChI is InChI=1S/C25H30O4.6CO.2Co/c1-2-15-26-16-9-14-23-17-24(28-19-22-12-7-4-8-13-22)25(29-23)20-27-18-21-10-5-3-6-11-21;6*1-2;;/h2-14,23-25H,1,15-20H2;;;;;;;;/t23-,24-,25+;;;;;;;;/m0......../s1. The molecule has 2 radical (unpaired) electrons. The average molecular weight is 680 g/mol. The maximum absolute atomic E-state index is 7.50. The molecule has 3 atom stereocenters. The molecule has 1 heterocycles. The van der Waals surface area contributed by atoms with E-state index in [0.717, 1.165) is 17.5 Å². The van der Waals surface area contributed by atoms with Gasteiger partial charge in [-0.2, -0.15) is 0 Å². The summed E-state index contributed by atoms with van der Waals surface area (Å²) in [6.45, 7) is 33.4. The summed E-state index contributed by atoms with van der Waals surface area (Å²) in [6, 6.07) is 20.4. The zero-order chi connectivity index (χ0) is 32.2. The third kappa shape index (κ3) is 29.1. The monoisotopic (exact) mass is 680 g/mol. The fourth-order valence-corrected chi connectivity index (χ4v) is 3.27. The molecule has 1 fully saturated rings. The Balaban J connectivity index is -0.000000218.